The van der Waals surface area contributed by atoms with Crippen LogP contribution >= 0.6 is 23.4 Å². The summed E-state index contributed by atoms with van der Waals surface area (Å²) in [5.41, 5.74) is 0.964. The maximum Gasteiger partial charge on any atom is 0.242 e. The predicted octanol–water partition coefficient (Wildman–Crippen LogP) is 5.69. The molecule has 0 aliphatic heterocycles. The molecule has 0 saturated heterocycles. The van der Waals surface area contributed by atoms with E-state index < -0.39 is 6.04 Å². The summed E-state index contributed by atoms with van der Waals surface area (Å²) >= 11 is 7.67. The Kier molecular flexibility index (Phi) is 9.29. The third kappa shape index (κ3) is 7.58. The molecule has 1 saturated carbocycles. The number of hydrogen-bond acceptors (Lipinski definition) is 3. The second-order valence-electron chi connectivity index (χ2n) is 8.08. The van der Waals surface area contributed by atoms with Crippen LogP contribution in [0.1, 0.15) is 51.0 Å². The summed E-state index contributed by atoms with van der Waals surface area (Å²) in [5, 5.41) is 3.83. The van der Waals surface area contributed by atoms with Crippen LogP contribution in [0.2, 0.25) is 5.02 Å². The van der Waals surface area contributed by atoms with E-state index >= 15 is 0 Å². The summed E-state index contributed by atoms with van der Waals surface area (Å²) in [7, 11) is 0. The highest BCUT2D eigenvalue weighted by atomic mass is 35.5. The molecule has 2 amide bonds. The van der Waals surface area contributed by atoms with E-state index in [1.807, 2.05) is 61.5 Å². The minimum absolute atomic E-state index is 0.00956. The van der Waals surface area contributed by atoms with Crippen molar-refractivity contribution in [2.24, 2.45) is 0 Å². The Hall–Kier alpha value is -1.98. The van der Waals surface area contributed by atoms with Crippen molar-refractivity contribution in [3.63, 3.8) is 0 Å². The first-order valence-electron chi connectivity index (χ1n) is 11.0. The number of hydrogen-bond donors (Lipinski definition) is 1. The van der Waals surface area contributed by atoms with Crippen molar-refractivity contribution in [3.05, 3.63) is 65.2 Å². The molecule has 0 spiro atoms. The smallest absolute Gasteiger partial charge is 0.242 e. The van der Waals surface area contributed by atoms with Gasteiger partial charge in [-0.1, -0.05) is 61.2 Å². The van der Waals surface area contributed by atoms with Crippen molar-refractivity contribution >= 4 is 35.2 Å². The normalized spacial score (nSPS) is 15.3. The molecule has 2 aromatic carbocycles. The minimum Gasteiger partial charge on any atom is -0.352 e. The summed E-state index contributed by atoms with van der Waals surface area (Å²) in [6.45, 7) is 2.22. The van der Waals surface area contributed by atoms with Crippen molar-refractivity contribution in [1.82, 2.24) is 10.2 Å². The van der Waals surface area contributed by atoms with Crippen LogP contribution in [-0.2, 0) is 16.1 Å². The lowest BCUT2D eigenvalue weighted by Crippen LogP contribution is -2.50. The molecule has 1 aliphatic carbocycles. The molecule has 6 heteroatoms. The van der Waals surface area contributed by atoms with Crippen molar-refractivity contribution in [2.45, 2.75) is 69.0 Å². The fourth-order valence-electron chi connectivity index (χ4n) is 3.85. The number of rotatable bonds is 9. The number of halogens is 1. The van der Waals surface area contributed by atoms with Gasteiger partial charge >= 0.3 is 0 Å². The van der Waals surface area contributed by atoms with Crippen LogP contribution in [-0.4, -0.2) is 34.6 Å². The van der Waals surface area contributed by atoms with E-state index in [2.05, 4.69) is 5.32 Å². The van der Waals surface area contributed by atoms with Crippen molar-refractivity contribution in [1.29, 1.82) is 0 Å². The van der Waals surface area contributed by atoms with Crippen LogP contribution < -0.4 is 5.32 Å². The molecule has 0 unspecified atom stereocenters. The van der Waals surface area contributed by atoms with Gasteiger partial charge in [0.15, 0.2) is 0 Å². The zero-order valence-corrected chi connectivity index (χ0v) is 19.6. The Labute approximate surface area is 194 Å². The van der Waals surface area contributed by atoms with E-state index in [9.17, 15) is 9.59 Å². The third-order valence-corrected chi connectivity index (χ3v) is 6.98. The first kappa shape index (κ1) is 23.7. The molecule has 1 N–H and O–H groups in total. The van der Waals surface area contributed by atoms with E-state index in [0.29, 0.717) is 23.7 Å². The van der Waals surface area contributed by atoms with E-state index in [4.69, 9.17) is 11.6 Å². The van der Waals surface area contributed by atoms with Gasteiger partial charge < -0.3 is 10.2 Å². The number of benzene rings is 2. The Bertz CT molecular complexity index is 838. The highest BCUT2D eigenvalue weighted by molar-refractivity contribution is 7.99. The highest BCUT2D eigenvalue weighted by Gasteiger charge is 2.27. The van der Waals surface area contributed by atoms with Gasteiger partial charge in [0.25, 0.3) is 0 Å². The molecule has 0 bridgehead atoms. The molecule has 3 rings (SSSR count). The summed E-state index contributed by atoms with van der Waals surface area (Å²) in [6.07, 6.45) is 5.98. The van der Waals surface area contributed by atoms with Crippen LogP contribution in [0.4, 0.5) is 0 Å². The van der Waals surface area contributed by atoms with Gasteiger partial charge in [0.1, 0.15) is 6.04 Å². The second-order valence-corrected chi connectivity index (χ2v) is 9.68. The van der Waals surface area contributed by atoms with E-state index in [-0.39, 0.29) is 17.9 Å². The van der Waals surface area contributed by atoms with Crippen LogP contribution in [0.25, 0.3) is 0 Å². The summed E-state index contributed by atoms with van der Waals surface area (Å²) in [4.78, 5) is 29.0. The molecule has 2 aromatic rings. The lowest BCUT2D eigenvalue weighted by molar-refractivity contribution is -0.140. The molecular formula is C25H31ClN2O2S. The molecule has 166 valence electrons. The van der Waals surface area contributed by atoms with Gasteiger partial charge in [0.2, 0.25) is 11.8 Å². The topological polar surface area (TPSA) is 49.4 Å². The highest BCUT2D eigenvalue weighted by Crippen LogP contribution is 2.21. The Morgan fingerprint density at radius 2 is 1.74 bits per heavy atom. The molecule has 0 aromatic heterocycles. The van der Waals surface area contributed by atoms with Crippen molar-refractivity contribution in [3.8, 4) is 0 Å². The molecule has 0 heterocycles. The van der Waals surface area contributed by atoms with Gasteiger partial charge in [-0.15, -0.1) is 11.8 Å². The van der Waals surface area contributed by atoms with Crippen LogP contribution in [0, 0.1) is 0 Å². The lowest BCUT2D eigenvalue weighted by Gasteiger charge is -2.31. The zero-order chi connectivity index (χ0) is 22.1. The molecule has 31 heavy (non-hydrogen) atoms. The molecule has 4 nitrogen and oxygen atoms in total. The molecule has 1 aliphatic rings. The van der Waals surface area contributed by atoms with Gasteiger partial charge in [0.05, 0.1) is 0 Å². The molecule has 0 radical (unpaired) electrons. The maximum atomic E-state index is 13.1. The Morgan fingerprint density at radius 1 is 1.06 bits per heavy atom. The fraction of sp³-hybridized carbons (Fsp3) is 0.440. The number of thioether (sulfide) groups is 1. The van der Waals surface area contributed by atoms with Gasteiger partial charge in [0, 0.05) is 34.7 Å². The second kappa shape index (κ2) is 12.2. The van der Waals surface area contributed by atoms with Crippen molar-refractivity contribution < 1.29 is 9.59 Å². The standard InChI is InChI=1S/C25H31ClN2O2S/c1-19(25(30)27-22-8-4-2-5-9-22)28(18-20-12-14-21(26)15-13-20)24(29)16-17-31-23-10-6-3-7-11-23/h3,6-7,10-15,19,22H,2,4-5,8-9,16-18H2,1H3,(H,27,30)/t19-/m1/s1. The number of nitrogens with one attached hydrogen (secondary N) is 1. The molecule has 1 atom stereocenters. The first-order chi connectivity index (χ1) is 15.0. The average molecular weight is 459 g/mol. The number of carbonyl (C=O) groups is 2. The summed E-state index contributed by atoms with van der Waals surface area (Å²) in [5.74, 6) is 0.603. The Balaban J connectivity index is 1.64. The largest absolute Gasteiger partial charge is 0.352 e. The van der Waals surface area contributed by atoms with Crippen LogP contribution in [0.15, 0.2) is 59.5 Å². The van der Waals surface area contributed by atoms with Gasteiger partial charge in [-0.2, -0.15) is 0 Å². The molecular weight excluding hydrogens is 428 g/mol. The van der Waals surface area contributed by atoms with Gasteiger partial charge in [-0.25, -0.2) is 0 Å². The van der Waals surface area contributed by atoms with Crippen LogP contribution in [0.3, 0.4) is 0 Å². The quantitative estimate of drug-likeness (QED) is 0.491. The minimum atomic E-state index is -0.521. The number of amides is 2. The zero-order valence-electron chi connectivity index (χ0n) is 18.1. The lowest BCUT2D eigenvalue weighted by atomic mass is 9.95. The molecule has 1 fully saturated rings. The predicted molar refractivity (Wildman–Crippen MR) is 128 cm³/mol. The monoisotopic (exact) mass is 458 g/mol. The number of carbonyl (C=O) groups excluding carboxylic acids is 2. The van der Waals surface area contributed by atoms with Crippen molar-refractivity contribution in [2.75, 3.05) is 5.75 Å². The number of nitrogens with zero attached hydrogens (tertiary/aromatic N) is 1. The van der Waals surface area contributed by atoms with E-state index in [1.54, 1.807) is 16.7 Å². The summed E-state index contributed by atoms with van der Waals surface area (Å²) < 4.78 is 0. The first-order valence-corrected chi connectivity index (χ1v) is 12.4. The fourth-order valence-corrected chi connectivity index (χ4v) is 4.84. The van der Waals surface area contributed by atoms with Gasteiger partial charge in [-0.3, -0.25) is 9.59 Å². The maximum absolute atomic E-state index is 13.1. The van der Waals surface area contributed by atoms with E-state index in [1.165, 1.54) is 6.42 Å². The third-order valence-electron chi connectivity index (χ3n) is 5.71. The average Bonchev–Trinajstić information content (AvgIpc) is 2.79. The van der Waals surface area contributed by atoms with E-state index in [0.717, 1.165) is 36.1 Å². The Morgan fingerprint density at radius 3 is 2.42 bits per heavy atom. The summed E-state index contributed by atoms with van der Waals surface area (Å²) in [6, 6.07) is 17.2. The SMILES string of the molecule is C[C@H](C(=O)NC1CCCCC1)N(Cc1ccc(Cl)cc1)C(=O)CCSc1ccccc1. The van der Waals surface area contributed by atoms with Gasteiger partial charge in [-0.05, 0) is 49.6 Å². The van der Waals surface area contributed by atoms with Crippen LogP contribution in [0.5, 0.6) is 0 Å².